The van der Waals surface area contributed by atoms with Gasteiger partial charge in [-0.05, 0) is 18.2 Å². The molecular formula is C11H9Cl2FN4. The lowest BCUT2D eigenvalue weighted by Gasteiger charge is -2.08. The van der Waals surface area contributed by atoms with Gasteiger partial charge in [-0.25, -0.2) is 9.37 Å². The van der Waals surface area contributed by atoms with Crippen LogP contribution in [0.3, 0.4) is 0 Å². The summed E-state index contributed by atoms with van der Waals surface area (Å²) in [6.07, 6.45) is 1.08. The number of nitrogens with zero attached hydrogens (tertiary/aromatic N) is 2. The molecule has 0 spiro atoms. The zero-order chi connectivity index (χ0) is 13.1. The van der Waals surface area contributed by atoms with Gasteiger partial charge in [-0.2, -0.15) is 4.98 Å². The maximum absolute atomic E-state index is 13.5. The summed E-state index contributed by atoms with van der Waals surface area (Å²) in [7, 11) is 1.65. The van der Waals surface area contributed by atoms with Crippen molar-refractivity contribution in [3.63, 3.8) is 0 Å². The molecule has 2 aromatic rings. The highest BCUT2D eigenvalue weighted by Gasteiger charge is 2.07. The van der Waals surface area contributed by atoms with Crippen LogP contribution in [0.5, 0.6) is 0 Å². The van der Waals surface area contributed by atoms with Gasteiger partial charge in [-0.15, -0.1) is 0 Å². The summed E-state index contributed by atoms with van der Waals surface area (Å²) < 4.78 is 13.5. The van der Waals surface area contributed by atoms with E-state index in [0.717, 1.165) is 6.20 Å². The van der Waals surface area contributed by atoms with E-state index in [2.05, 4.69) is 20.6 Å². The molecule has 0 saturated heterocycles. The number of hydrogen-bond acceptors (Lipinski definition) is 4. The summed E-state index contributed by atoms with van der Waals surface area (Å²) in [5.74, 6) is -0.204. The first-order chi connectivity index (χ1) is 8.58. The zero-order valence-corrected chi connectivity index (χ0v) is 10.8. The van der Waals surface area contributed by atoms with Gasteiger partial charge in [0.2, 0.25) is 5.95 Å². The third-order valence-electron chi connectivity index (χ3n) is 2.09. The van der Waals surface area contributed by atoms with E-state index in [1.807, 2.05) is 0 Å². The Bertz CT molecular complexity index is 557. The van der Waals surface area contributed by atoms with Gasteiger partial charge < -0.3 is 10.6 Å². The van der Waals surface area contributed by atoms with Crippen LogP contribution >= 0.6 is 23.2 Å². The number of nitrogens with one attached hydrogen (secondary N) is 2. The largest absolute Gasteiger partial charge is 0.357 e. The van der Waals surface area contributed by atoms with Crippen molar-refractivity contribution >= 4 is 40.7 Å². The molecular weight excluding hydrogens is 278 g/mol. The van der Waals surface area contributed by atoms with Crippen molar-refractivity contribution in [3.8, 4) is 0 Å². The van der Waals surface area contributed by atoms with Gasteiger partial charge in [-0.1, -0.05) is 23.2 Å². The van der Waals surface area contributed by atoms with Gasteiger partial charge in [0.1, 0.15) is 0 Å². The number of hydrogen-bond donors (Lipinski definition) is 2. The molecule has 0 saturated carbocycles. The Hall–Kier alpha value is -1.59. The fraction of sp³-hybridized carbons (Fsp3) is 0.0909. The molecule has 0 aliphatic carbocycles. The van der Waals surface area contributed by atoms with Crippen molar-refractivity contribution < 1.29 is 4.39 Å². The van der Waals surface area contributed by atoms with E-state index in [1.165, 1.54) is 0 Å². The molecule has 94 valence electrons. The van der Waals surface area contributed by atoms with Crippen LogP contribution < -0.4 is 10.6 Å². The summed E-state index contributed by atoms with van der Waals surface area (Å²) >= 11 is 11.7. The molecule has 0 atom stereocenters. The van der Waals surface area contributed by atoms with Gasteiger partial charge in [0.15, 0.2) is 11.6 Å². The van der Waals surface area contributed by atoms with E-state index in [1.54, 1.807) is 25.2 Å². The van der Waals surface area contributed by atoms with Gasteiger partial charge in [0.25, 0.3) is 0 Å². The molecule has 1 aromatic carbocycles. The minimum Gasteiger partial charge on any atom is -0.357 e. The van der Waals surface area contributed by atoms with Gasteiger partial charge >= 0.3 is 0 Å². The Morgan fingerprint density at radius 3 is 2.44 bits per heavy atom. The molecule has 2 rings (SSSR count). The third-order valence-corrected chi connectivity index (χ3v) is 2.53. The molecule has 0 aliphatic heterocycles. The molecule has 1 heterocycles. The molecule has 0 fully saturated rings. The van der Waals surface area contributed by atoms with Crippen LogP contribution in [0, 0.1) is 5.82 Å². The Morgan fingerprint density at radius 2 is 1.83 bits per heavy atom. The number of benzene rings is 1. The minimum atomic E-state index is -0.565. The molecule has 2 N–H and O–H groups in total. The normalized spacial score (nSPS) is 10.2. The quantitative estimate of drug-likeness (QED) is 0.903. The summed E-state index contributed by atoms with van der Waals surface area (Å²) in [5.41, 5.74) is 0.548. The van der Waals surface area contributed by atoms with E-state index in [4.69, 9.17) is 23.2 Å². The zero-order valence-electron chi connectivity index (χ0n) is 9.34. The number of halogens is 3. The highest BCUT2D eigenvalue weighted by molar-refractivity contribution is 6.35. The molecule has 18 heavy (non-hydrogen) atoms. The second kappa shape index (κ2) is 5.37. The lowest BCUT2D eigenvalue weighted by atomic mass is 10.3. The third kappa shape index (κ3) is 3.00. The van der Waals surface area contributed by atoms with Crippen LogP contribution in [0.25, 0.3) is 0 Å². The summed E-state index contributed by atoms with van der Waals surface area (Å²) in [6, 6.07) is 4.83. The van der Waals surface area contributed by atoms with Crippen molar-refractivity contribution in [2.24, 2.45) is 0 Å². The number of aromatic nitrogens is 2. The molecule has 1 aromatic heterocycles. The molecule has 0 aliphatic rings. The minimum absolute atomic E-state index is 0.0488. The first-order valence-electron chi connectivity index (χ1n) is 5.02. The van der Waals surface area contributed by atoms with Crippen LogP contribution in [0.4, 0.5) is 21.8 Å². The van der Waals surface area contributed by atoms with Crippen LogP contribution in [0.15, 0.2) is 24.4 Å². The molecule has 0 unspecified atom stereocenters. The van der Waals surface area contributed by atoms with Crippen LogP contribution in [0.2, 0.25) is 10.0 Å². The molecule has 0 amide bonds. The van der Waals surface area contributed by atoms with Crippen molar-refractivity contribution in [2.75, 3.05) is 17.7 Å². The summed E-state index contributed by atoms with van der Waals surface area (Å²) in [4.78, 5) is 7.70. The van der Waals surface area contributed by atoms with Gasteiger partial charge in [-0.3, -0.25) is 0 Å². The Morgan fingerprint density at radius 1 is 1.17 bits per heavy atom. The van der Waals surface area contributed by atoms with E-state index in [0.29, 0.717) is 21.7 Å². The monoisotopic (exact) mass is 286 g/mol. The molecule has 7 heteroatoms. The average molecular weight is 287 g/mol. The van der Waals surface area contributed by atoms with E-state index < -0.39 is 5.82 Å². The standard InChI is InChI=1S/C11H9Cl2FN4/c1-15-11-16-5-9(14)10(18-11)17-8-3-6(12)2-7(13)4-8/h2-5H,1H3,(H2,15,16,17,18). The van der Waals surface area contributed by atoms with Crippen molar-refractivity contribution in [2.45, 2.75) is 0 Å². The highest BCUT2D eigenvalue weighted by atomic mass is 35.5. The second-order valence-electron chi connectivity index (χ2n) is 3.42. The SMILES string of the molecule is CNc1ncc(F)c(Nc2cc(Cl)cc(Cl)c2)n1. The maximum atomic E-state index is 13.5. The van der Waals surface area contributed by atoms with Crippen LogP contribution in [0.1, 0.15) is 0 Å². The Labute approximate surface area is 113 Å². The first-order valence-corrected chi connectivity index (χ1v) is 5.77. The maximum Gasteiger partial charge on any atom is 0.224 e. The second-order valence-corrected chi connectivity index (χ2v) is 4.30. The lowest BCUT2D eigenvalue weighted by molar-refractivity contribution is 0.619. The lowest BCUT2D eigenvalue weighted by Crippen LogP contribution is -2.02. The predicted molar refractivity (Wildman–Crippen MR) is 71.3 cm³/mol. The van der Waals surface area contributed by atoms with Crippen molar-refractivity contribution in [1.82, 2.24) is 9.97 Å². The predicted octanol–water partition coefficient (Wildman–Crippen LogP) is 3.71. The highest BCUT2D eigenvalue weighted by Crippen LogP contribution is 2.25. The summed E-state index contributed by atoms with van der Waals surface area (Å²) in [6.45, 7) is 0. The van der Waals surface area contributed by atoms with Crippen molar-refractivity contribution in [1.29, 1.82) is 0 Å². The fourth-order valence-corrected chi connectivity index (χ4v) is 1.86. The van der Waals surface area contributed by atoms with E-state index in [-0.39, 0.29) is 5.82 Å². The van der Waals surface area contributed by atoms with E-state index in [9.17, 15) is 4.39 Å². The van der Waals surface area contributed by atoms with Crippen LogP contribution in [-0.2, 0) is 0 Å². The fourth-order valence-electron chi connectivity index (χ4n) is 1.34. The Kier molecular flexibility index (Phi) is 3.84. The molecule has 0 radical (unpaired) electrons. The Balaban J connectivity index is 2.33. The number of rotatable bonds is 3. The molecule has 4 nitrogen and oxygen atoms in total. The first kappa shape index (κ1) is 12.9. The molecule has 0 bridgehead atoms. The topological polar surface area (TPSA) is 49.8 Å². The van der Waals surface area contributed by atoms with Gasteiger partial charge in [0, 0.05) is 22.8 Å². The smallest absolute Gasteiger partial charge is 0.224 e. The summed E-state index contributed by atoms with van der Waals surface area (Å²) in [5, 5.41) is 6.42. The van der Waals surface area contributed by atoms with E-state index >= 15 is 0 Å². The van der Waals surface area contributed by atoms with Crippen molar-refractivity contribution in [3.05, 3.63) is 40.3 Å². The van der Waals surface area contributed by atoms with Crippen LogP contribution in [-0.4, -0.2) is 17.0 Å². The van der Waals surface area contributed by atoms with Gasteiger partial charge in [0.05, 0.1) is 6.20 Å². The number of anilines is 3. The average Bonchev–Trinajstić information content (AvgIpc) is 2.30.